The summed E-state index contributed by atoms with van der Waals surface area (Å²) >= 11 is 5.86. The molecule has 0 bridgehead atoms. The predicted molar refractivity (Wildman–Crippen MR) is 232 cm³/mol. The lowest BCUT2D eigenvalue weighted by Crippen LogP contribution is -2.62. The number of esters is 4. The summed E-state index contributed by atoms with van der Waals surface area (Å²) in [5.41, 5.74) is 4.28. The molecular formula is C47H58N2O12S. The van der Waals surface area contributed by atoms with Crippen LogP contribution in [0, 0.1) is 0 Å². The van der Waals surface area contributed by atoms with E-state index in [1.54, 1.807) is 0 Å². The molecule has 9 unspecified atom stereocenters. The number of nitrogens with one attached hydrogen (secondary N) is 1. The second-order valence-corrected chi connectivity index (χ2v) is 16.6. The third-order valence-electron chi connectivity index (χ3n) is 11.3. The highest BCUT2D eigenvalue weighted by Crippen LogP contribution is 2.47. The molecule has 3 aliphatic rings. The average molecular weight is 875 g/mol. The van der Waals surface area contributed by atoms with Crippen LogP contribution in [0.5, 0.6) is 0 Å². The molecule has 0 aliphatic carbocycles. The zero-order chi connectivity index (χ0) is 44.2. The summed E-state index contributed by atoms with van der Waals surface area (Å²) in [6.07, 6.45) is -1.35. The third-order valence-corrected chi connectivity index (χ3v) is 11.5. The van der Waals surface area contributed by atoms with Gasteiger partial charge in [0, 0.05) is 57.8 Å². The number of thiocarbonyl (C=S) groups is 1. The Labute approximate surface area is 368 Å². The maximum atomic E-state index is 12.4. The summed E-state index contributed by atoms with van der Waals surface area (Å²) < 4.78 is 42.3. The van der Waals surface area contributed by atoms with Crippen LogP contribution >= 0.6 is 12.2 Å². The predicted octanol–water partition coefficient (Wildman–Crippen LogP) is 6.64. The fraction of sp³-hybridized carbons (Fsp3) is 0.511. The van der Waals surface area contributed by atoms with Gasteiger partial charge >= 0.3 is 23.9 Å². The number of benzene rings is 3. The number of aliphatic hydroxyl groups excluding tert-OH is 1. The van der Waals surface area contributed by atoms with E-state index in [4.69, 9.17) is 45.4 Å². The number of likely N-dealkylation sites (tertiary alicyclic amines) is 1. The van der Waals surface area contributed by atoms with Crippen LogP contribution in [-0.4, -0.2) is 102 Å². The lowest BCUT2D eigenvalue weighted by Gasteiger charge is -2.44. The molecule has 15 heteroatoms. The molecule has 14 nitrogen and oxygen atoms in total. The Kier molecular flexibility index (Phi) is 17.0. The molecule has 0 aromatic heterocycles. The van der Waals surface area contributed by atoms with Crippen LogP contribution in [0.3, 0.4) is 0 Å². The monoisotopic (exact) mass is 874 g/mol. The van der Waals surface area contributed by atoms with Crippen molar-refractivity contribution in [1.29, 1.82) is 0 Å². The number of aliphatic hydroxyl groups is 1. The van der Waals surface area contributed by atoms with Crippen LogP contribution in [0.1, 0.15) is 107 Å². The van der Waals surface area contributed by atoms with Crippen LogP contribution in [0.4, 0.5) is 5.69 Å². The largest absolute Gasteiger partial charge is 0.463 e. The lowest BCUT2D eigenvalue weighted by molar-refractivity contribution is -0.263. The number of hydrogen-bond donors (Lipinski definition) is 2. The standard InChI is InChI=1S/C47H58N2O12S/c1-29(51)55-28-40-45(57-31(3)53)46(58-32(4)54)44(56-30(2)52)38(59-40)25-41(62)48-37-17-13-16-36(24-37)47-60-39(26-49-22-11-6-5-7-12-23-49)42(34-14-9-8-10-15-34)43(61-47)35-20-18-33(27-50)19-21-35/h8-10,13-21,24,38-40,42-47,50H,5-7,11-12,22-23,25-28H2,1-4H3,(H,48,62). The van der Waals surface area contributed by atoms with Crippen LogP contribution in [-0.2, 0) is 58.9 Å². The second kappa shape index (κ2) is 22.5. The smallest absolute Gasteiger partial charge is 0.303 e. The van der Waals surface area contributed by atoms with Crippen molar-refractivity contribution in [3.63, 3.8) is 0 Å². The maximum Gasteiger partial charge on any atom is 0.303 e. The molecule has 0 radical (unpaired) electrons. The van der Waals surface area contributed by atoms with Gasteiger partial charge in [-0.3, -0.25) is 19.2 Å². The van der Waals surface area contributed by atoms with E-state index < -0.39 is 60.7 Å². The molecule has 9 atom stereocenters. The SMILES string of the molecule is CC(=O)OCC1OC(CC(=S)Nc2cccc(C3OC(CN4CCCCCCC4)C(c4ccccc4)C(c4ccc(CO)cc4)O3)c2)C(OC(C)=O)C(OC(C)=O)C1OC(C)=O. The van der Waals surface area contributed by atoms with Crippen molar-refractivity contribution < 1.29 is 57.4 Å². The molecule has 0 saturated carbocycles. The zero-order valence-corrected chi connectivity index (χ0v) is 36.6. The van der Waals surface area contributed by atoms with Crippen molar-refractivity contribution in [3.05, 3.63) is 101 Å². The third kappa shape index (κ3) is 12.9. The minimum absolute atomic E-state index is 0.0301. The number of rotatable bonds is 14. The quantitative estimate of drug-likeness (QED) is 0.100. The van der Waals surface area contributed by atoms with E-state index in [-0.39, 0.29) is 42.7 Å². The van der Waals surface area contributed by atoms with Gasteiger partial charge in [-0.15, -0.1) is 0 Å². The molecule has 334 valence electrons. The number of carbonyl (C=O) groups excluding carboxylic acids is 4. The molecule has 2 N–H and O–H groups in total. The van der Waals surface area contributed by atoms with Crippen LogP contribution in [0.2, 0.25) is 0 Å². The van der Waals surface area contributed by atoms with Crippen LogP contribution < -0.4 is 5.32 Å². The van der Waals surface area contributed by atoms with Crippen LogP contribution in [0.15, 0.2) is 78.9 Å². The first kappa shape index (κ1) is 46.7. The van der Waals surface area contributed by atoms with Gasteiger partial charge in [0.1, 0.15) is 18.8 Å². The Hall–Kier alpha value is -4.77. The van der Waals surface area contributed by atoms with Gasteiger partial charge in [0.2, 0.25) is 0 Å². The Balaban J connectivity index is 1.27. The van der Waals surface area contributed by atoms with Crippen molar-refractivity contribution in [1.82, 2.24) is 4.90 Å². The first-order valence-electron chi connectivity index (χ1n) is 21.4. The van der Waals surface area contributed by atoms with Gasteiger partial charge < -0.3 is 48.5 Å². The number of nitrogens with zero attached hydrogens (tertiary/aromatic N) is 1. The second-order valence-electron chi connectivity index (χ2n) is 16.1. The van der Waals surface area contributed by atoms with Gasteiger partial charge in [0.25, 0.3) is 0 Å². The Bertz CT molecular complexity index is 1970. The number of anilines is 1. The molecule has 0 amide bonds. The Morgan fingerprint density at radius 2 is 1.29 bits per heavy atom. The van der Waals surface area contributed by atoms with Gasteiger partial charge in [-0.1, -0.05) is 98.2 Å². The van der Waals surface area contributed by atoms with E-state index in [0.29, 0.717) is 5.69 Å². The Morgan fingerprint density at radius 3 is 1.92 bits per heavy atom. The van der Waals surface area contributed by atoms with E-state index in [9.17, 15) is 24.3 Å². The highest BCUT2D eigenvalue weighted by Gasteiger charge is 2.52. The molecule has 3 heterocycles. The van der Waals surface area contributed by atoms with Gasteiger partial charge in [-0.05, 0) is 54.8 Å². The maximum absolute atomic E-state index is 12.4. The van der Waals surface area contributed by atoms with Crippen molar-refractivity contribution in [2.45, 2.75) is 128 Å². The fourth-order valence-corrected chi connectivity index (χ4v) is 8.84. The van der Waals surface area contributed by atoms with E-state index in [1.807, 2.05) is 66.7 Å². The highest BCUT2D eigenvalue weighted by molar-refractivity contribution is 7.80. The van der Waals surface area contributed by atoms with E-state index >= 15 is 0 Å². The number of hydrogen-bond acceptors (Lipinski definition) is 14. The summed E-state index contributed by atoms with van der Waals surface area (Å²) in [5, 5.41) is 13.1. The fourth-order valence-electron chi connectivity index (χ4n) is 8.56. The summed E-state index contributed by atoms with van der Waals surface area (Å²) in [7, 11) is 0. The summed E-state index contributed by atoms with van der Waals surface area (Å²) in [4.78, 5) is 51.6. The van der Waals surface area contributed by atoms with Gasteiger partial charge in [0.15, 0.2) is 24.6 Å². The summed E-state index contributed by atoms with van der Waals surface area (Å²) in [6.45, 7) is 7.08. The molecule has 62 heavy (non-hydrogen) atoms. The first-order valence-corrected chi connectivity index (χ1v) is 21.8. The van der Waals surface area contributed by atoms with E-state index in [0.717, 1.165) is 54.7 Å². The van der Waals surface area contributed by atoms with Gasteiger partial charge in [-0.25, -0.2) is 0 Å². The van der Waals surface area contributed by atoms with Gasteiger partial charge in [0.05, 0.1) is 23.8 Å². The van der Waals surface area contributed by atoms with Crippen LogP contribution in [0.25, 0.3) is 0 Å². The van der Waals surface area contributed by atoms with Crippen molar-refractivity contribution in [2.24, 2.45) is 0 Å². The van der Waals surface area contributed by atoms with E-state index in [2.05, 4.69) is 22.3 Å². The number of carbonyl (C=O) groups is 4. The minimum Gasteiger partial charge on any atom is -0.463 e. The molecule has 3 saturated heterocycles. The molecule has 3 aliphatic heterocycles. The number of ether oxygens (including phenoxy) is 7. The topological polar surface area (TPSA) is 168 Å². The molecular weight excluding hydrogens is 817 g/mol. The van der Waals surface area contributed by atoms with Gasteiger partial charge in [-0.2, -0.15) is 0 Å². The molecule has 3 aromatic rings. The summed E-state index contributed by atoms with van der Waals surface area (Å²) in [5.74, 6) is -2.86. The summed E-state index contributed by atoms with van der Waals surface area (Å²) in [6, 6.07) is 25.8. The zero-order valence-electron chi connectivity index (χ0n) is 35.8. The Morgan fingerprint density at radius 1 is 0.677 bits per heavy atom. The minimum atomic E-state index is -1.30. The van der Waals surface area contributed by atoms with E-state index in [1.165, 1.54) is 47.0 Å². The molecule has 0 spiro atoms. The van der Waals surface area contributed by atoms with Crippen molar-refractivity contribution in [2.75, 3.05) is 31.6 Å². The van der Waals surface area contributed by atoms with Crippen molar-refractivity contribution in [3.8, 4) is 0 Å². The highest BCUT2D eigenvalue weighted by atomic mass is 32.1. The molecule has 6 rings (SSSR count). The molecule has 3 fully saturated rings. The first-order chi connectivity index (χ1) is 29.9. The van der Waals surface area contributed by atoms with Crippen molar-refractivity contribution >= 4 is 46.8 Å². The normalized spacial score (nSPS) is 26.8. The average Bonchev–Trinajstić information content (AvgIpc) is 3.23. The molecule has 3 aromatic carbocycles. The lowest BCUT2D eigenvalue weighted by atomic mass is 9.83.